The first-order chi connectivity index (χ1) is 15.2. The zero-order valence-electron chi connectivity index (χ0n) is 20.5. The Bertz CT molecular complexity index is 854. The Hall–Kier alpha value is -2.23. The van der Waals surface area contributed by atoms with E-state index in [1.165, 1.54) is 4.90 Å². The molecule has 1 heterocycles. The second kappa shape index (κ2) is 12.3. The summed E-state index contributed by atoms with van der Waals surface area (Å²) in [7, 11) is -5.85. The van der Waals surface area contributed by atoms with Gasteiger partial charge in [0.2, 0.25) is 0 Å². The molecule has 190 valence electrons. The summed E-state index contributed by atoms with van der Waals surface area (Å²) in [5, 5.41) is 0. The molecule has 2 rings (SSSR count). The molecule has 0 saturated carbocycles. The Kier molecular flexibility index (Phi) is 11.5. The number of hydrogen-bond acceptors (Lipinski definition) is 5. The molecule has 1 aliphatic heterocycles. The van der Waals surface area contributed by atoms with Crippen molar-refractivity contribution in [3.05, 3.63) is 48.2 Å². The molecule has 1 aromatic carbocycles. The molecule has 0 N–H and O–H groups in total. The topological polar surface area (TPSA) is 72.9 Å². The van der Waals surface area contributed by atoms with Crippen LogP contribution in [0.15, 0.2) is 42.7 Å². The van der Waals surface area contributed by atoms with E-state index in [-0.39, 0.29) is 25.9 Å². The van der Waals surface area contributed by atoms with E-state index in [2.05, 4.69) is 10.8 Å². The van der Waals surface area contributed by atoms with Crippen molar-refractivity contribution in [1.29, 1.82) is 0 Å². The van der Waals surface area contributed by atoms with Gasteiger partial charge in [0, 0.05) is 13.1 Å². The van der Waals surface area contributed by atoms with E-state index in [9.17, 15) is 26.4 Å². The van der Waals surface area contributed by atoms with E-state index < -0.39 is 38.5 Å². The summed E-state index contributed by atoms with van der Waals surface area (Å²) in [5.74, 6) is -0.523. The molecule has 1 aromatic rings. The highest BCUT2D eigenvalue weighted by atomic mass is 32.2. The minimum Gasteiger partial charge on any atom is -0.444 e. The van der Waals surface area contributed by atoms with E-state index in [1.807, 2.05) is 27.7 Å². The van der Waals surface area contributed by atoms with Gasteiger partial charge in [0.15, 0.2) is 0 Å². The zero-order valence-corrected chi connectivity index (χ0v) is 21.3. The van der Waals surface area contributed by atoms with Crippen LogP contribution in [-0.2, 0) is 24.5 Å². The maximum atomic E-state index is 12.8. The largest absolute Gasteiger partial charge is 0.534 e. The fraction of sp³-hybridized carbons (Fsp3) is 0.609. The lowest BCUT2D eigenvalue weighted by Gasteiger charge is -2.42. The Balaban J connectivity index is 0.00000242. The lowest BCUT2D eigenvalue weighted by atomic mass is 9.71. The predicted molar refractivity (Wildman–Crippen MR) is 123 cm³/mol. The first-order valence-corrected chi connectivity index (χ1v) is 12.3. The highest BCUT2D eigenvalue weighted by Crippen LogP contribution is 2.43. The number of amides is 1. The minimum atomic E-state index is -5.85. The molecule has 0 spiro atoms. The molecule has 1 amide bonds. The predicted octanol–water partition coefficient (Wildman–Crippen LogP) is 6.39. The van der Waals surface area contributed by atoms with E-state index in [1.54, 1.807) is 51.1 Å². The van der Waals surface area contributed by atoms with Gasteiger partial charge in [0.05, 0.1) is 5.41 Å². The molecule has 1 saturated heterocycles. The number of carbonyl (C=O) groups is 1. The van der Waals surface area contributed by atoms with Gasteiger partial charge in [0.25, 0.3) is 0 Å². The van der Waals surface area contributed by atoms with Gasteiger partial charge in [-0.3, -0.25) is 0 Å². The quantitative estimate of drug-likeness (QED) is 0.275. The van der Waals surface area contributed by atoms with Crippen LogP contribution in [0, 0.1) is 0 Å². The van der Waals surface area contributed by atoms with Gasteiger partial charge in [0.1, 0.15) is 11.4 Å². The normalized spacial score (nSPS) is 15.8. The molecular weight excluding hydrogens is 459 g/mol. The molecule has 0 aliphatic carbocycles. The summed E-state index contributed by atoms with van der Waals surface area (Å²) in [5.41, 5.74) is -6.90. The average Bonchev–Trinajstić information content (AvgIpc) is 2.75. The maximum absolute atomic E-state index is 12.8. The molecule has 10 heteroatoms. The molecule has 0 atom stereocenters. The number of benzene rings is 1. The highest BCUT2D eigenvalue weighted by molar-refractivity contribution is 7.87. The summed E-state index contributed by atoms with van der Waals surface area (Å²) in [6.07, 6.45) is -0.293. The van der Waals surface area contributed by atoms with Crippen LogP contribution in [0.4, 0.5) is 18.0 Å². The molecule has 0 unspecified atom stereocenters. The second-order valence-electron chi connectivity index (χ2n) is 7.82. The maximum Gasteiger partial charge on any atom is 0.534 e. The molecule has 1 fully saturated rings. The second-order valence-corrected chi connectivity index (χ2v) is 9.36. The number of halogens is 3. The van der Waals surface area contributed by atoms with Crippen LogP contribution in [0.5, 0.6) is 0 Å². The number of rotatable bonds is 4. The van der Waals surface area contributed by atoms with Crippen molar-refractivity contribution < 1.29 is 35.3 Å². The zero-order chi connectivity index (χ0) is 26.1. The van der Waals surface area contributed by atoms with E-state index >= 15 is 0 Å². The molecular formula is C23H36F3NO5S. The Labute approximate surface area is 195 Å². The number of nitrogens with zero attached hydrogens (tertiary/aromatic N) is 1. The summed E-state index contributed by atoms with van der Waals surface area (Å²) in [6, 6.07) is 8.42. The van der Waals surface area contributed by atoms with Crippen molar-refractivity contribution in [2.45, 2.75) is 77.8 Å². The Morgan fingerprint density at radius 1 is 1.00 bits per heavy atom. The van der Waals surface area contributed by atoms with Gasteiger partial charge in [-0.25, -0.2) is 4.79 Å². The van der Waals surface area contributed by atoms with Crippen LogP contribution in [0.25, 0.3) is 0 Å². The molecule has 6 nitrogen and oxygen atoms in total. The first-order valence-electron chi connectivity index (χ1n) is 10.9. The van der Waals surface area contributed by atoms with Gasteiger partial charge in [-0.1, -0.05) is 64.6 Å². The lowest BCUT2D eigenvalue weighted by Crippen LogP contribution is -2.48. The molecule has 33 heavy (non-hydrogen) atoms. The van der Waals surface area contributed by atoms with E-state index in [0.29, 0.717) is 5.56 Å². The molecule has 0 radical (unpaired) electrons. The van der Waals surface area contributed by atoms with Crippen molar-refractivity contribution >= 4 is 16.2 Å². The van der Waals surface area contributed by atoms with E-state index in [0.717, 1.165) is 0 Å². The third-order valence-corrected chi connectivity index (χ3v) is 5.61. The summed E-state index contributed by atoms with van der Waals surface area (Å²) in [6.45, 7) is 17.0. The van der Waals surface area contributed by atoms with Crippen molar-refractivity contribution in [1.82, 2.24) is 4.90 Å². The molecule has 0 bridgehead atoms. The average molecular weight is 496 g/mol. The lowest BCUT2D eigenvalue weighted by molar-refractivity contribution is -0.0531. The van der Waals surface area contributed by atoms with Crippen molar-refractivity contribution in [3.63, 3.8) is 0 Å². The molecule has 1 aliphatic rings. The van der Waals surface area contributed by atoms with Crippen LogP contribution < -0.4 is 0 Å². The summed E-state index contributed by atoms with van der Waals surface area (Å²) in [4.78, 5) is 13.7. The fourth-order valence-corrected chi connectivity index (χ4v) is 3.66. The number of piperidine rings is 1. The Morgan fingerprint density at radius 3 is 1.85 bits per heavy atom. The third kappa shape index (κ3) is 8.24. The number of allylic oxidation sites excluding steroid dienone is 1. The van der Waals surface area contributed by atoms with Gasteiger partial charge < -0.3 is 13.8 Å². The standard InChI is InChI=1S/C19H24F3NO5S.2C2H6/c1-14(28-29(25,26)19(20,21)22)18(15-8-6-5-7-9-15)10-12-23(13-11-18)16(24)27-17(2,3)4;2*1-2/h5-9H,1,10-13H2,2-4H3;2*1-2H3. The number of alkyl halides is 3. The fourth-order valence-electron chi connectivity index (χ4n) is 3.14. The van der Waals surface area contributed by atoms with Gasteiger partial charge in [-0.2, -0.15) is 21.6 Å². The number of ether oxygens (including phenoxy) is 1. The SMILES string of the molecule is C=C(OS(=O)(=O)C(F)(F)F)C1(c2ccccc2)CCN(C(=O)OC(C)(C)C)CC1.CC.CC. The van der Waals surface area contributed by atoms with Crippen LogP contribution in [0.2, 0.25) is 0 Å². The third-order valence-electron chi connectivity index (χ3n) is 4.62. The van der Waals surface area contributed by atoms with Gasteiger partial charge in [-0.05, 0) is 39.2 Å². The number of carbonyl (C=O) groups excluding carboxylic acids is 1. The van der Waals surface area contributed by atoms with Crippen molar-refractivity contribution in [2.75, 3.05) is 13.1 Å². The van der Waals surface area contributed by atoms with Gasteiger partial charge in [-0.15, -0.1) is 0 Å². The smallest absolute Gasteiger partial charge is 0.444 e. The van der Waals surface area contributed by atoms with Gasteiger partial charge >= 0.3 is 21.7 Å². The van der Waals surface area contributed by atoms with Crippen LogP contribution in [0.3, 0.4) is 0 Å². The first kappa shape index (κ1) is 30.8. The minimum absolute atomic E-state index is 0.127. The summed E-state index contributed by atoms with van der Waals surface area (Å²) >= 11 is 0. The molecule has 0 aromatic heterocycles. The van der Waals surface area contributed by atoms with Crippen LogP contribution in [0.1, 0.15) is 66.9 Å². The van der Waals surface area contributed by atoms with Crippen molar-refractivity contribution in [2.24, 2.45) is 0 Å². The highest BCUT2D eigenvalue weighted by Gasteiger charge is 2.51. The number of likely N-dealkylation sites (tertiary alicyclic amines) is 1. The number of hydrogen-bond donors (Lipinski definition) is 0. The monoisotopic (exact) mass is 495 g/mol. The summed E-state index contributed by atoms with van der Waals surface area (Å²) < 4.78 is 71.1. The van der Waals surface area contributed by atoms with Crippen molar-refractivity contribution in [3.8, 4) is 0 Å². The Morgan fingerprint density at radius 2 is 1.45 bits per heavy atom. The van der Waals surface area contributed by atoms with Crippen LogP contribution >= 0.6 is 0 Å². The van der Waals surface area contributed by atoms with Crippen LogP contribution in [-0.4, -0.2) is 43.6 Å². The van der Waals surface area contributed by atoms with E-state index in [4.69, 9.17) is 4.74 Å².